The van der Waals surface area contributed by atoms with Crippen LogP contribution in [0.4, 0.5) is 0 Å². The molecule has 2 N–H and O–H groups in total. The van der Waals surface area contributed by atoms with Crippen molar-refractivity contribution < 1.29 is 19.1 Å². The molecule has 0 aromatic heterocycles. The molecule has 0 radical (unpaired) electrons. The van der Waals surface area contributed by atoms with E-state index in [2.05, 4.69) is 10.6 Å². The van der Waals surface area contributed by atoms with Gasteiger partial charge in [0.25, 0.3) is 5.91 Å². The monoisotopic (exact) mass is 438 g/mol. The highest BCUT2D eigenvalue weighted by Gasteiger charge is 2.11. The van der Waals surface area contributed by atoms with Crippen molar-refractivity contribution in [3.05, 3.63) is 57.6 Å². The Morgan fingerprint density at radius 1 is 1.00 bits per heavy atom. The number of ether oxygens (including phenoxy) is 2. The third-order valence-corrected chi connectivity index (χ3v) is 4.62. The van der Waals surface area contributed by atoms with Gasteiger partial charge in [-0.1, -0.05) is 29.3 Å². The Labute approximate surface area is 180 Å². The number of benzene rings is 2. The Hall–Kier alpha value is -2.44. The topological polar surface area (TPSA) is 76.7 Å². The molecule has 0 fully saturated rings. The molecule has 0 aliphatic heterocycles. The highest BCUT2D eigenvalue weighted by Crippen LogP contribution is 2.28. The molecule has 0 saturated heterocycles. The summed E-state index contributed by atoms with van der Waals surface area (Å²) in [7, 11) is 1.58. The molecule has 2 aromatic rings. The standard InChI is InChI=1S/C21H24Cl2N2O4/c1-3-29-18-8-4-14(12-19(18)28-2)5-9-20(26)24-10-11-25-21(27)16-7-6-15(22)13-17(16)23/h4,6-8,12-13H,3,5,9-11H2,1-2H3,(H,24,26)(H,25,27). The fourth-order valence-corrected chi connectivity index (χ4v) is 3.13. The van der Waals surface area contributed by atoms with Crippen LogP contribution in [-0.2, 0) is 11.2 Å². The van der Waals surface area contributed by atoms with Gasteiger partial charge in [0, 0.05) is 24.5 Å². The van der Waals surface area contributed by atoms with Crippen LogP contribution in [0.1, 0.15) is 29.3 Å². The Morgan fingerprint density at radius 2 is 1.76 bits per heavy atom. The lowest BCUT2D eigenvalue weighted by molar-refractivity contribution is -0.121. The number of carbonyl (C=O) groups is 2. The smallest absolute Gasteiger partial charge is 0.252 e. The maximum absolute atomic E-state index is 12.1. The van der Waals surface area contributed by atoms with E-state index in [1.807, 2.05) is 25.1 Å². The number of amides is 2. The predicted octanol–water partition coefficient (Wildman–Crippen LogP) is 3.88. The number of methoxy groups -OCH3 is 1. The first-order chi connectivity index (χ1) is 13.9. The summed E-state index contributed by atoms with van der Waals surface area (Å²) in [6, 6.07) is 10.3. The minimum atomic E-state index is -0.317. The van der Waals surface area contributed by atoms with Crippen LogP contribution in [-0.4, -0.2) is 38.6 Å². The molecule has 0 aliphatic carbocycles. The average Bonchev–Trinajstić information content (AvgIpc) is 2.70. The van der Waals surface area contributed by atoms with Crippen LogP contribution in [0.3, 0.4) is 0 Å². The third-order valence-electron chi connectivity index (χ3n) is 4.08. The second-order valence-electron chi connectivity index (χ2n) is 6.15. The molecule has 0 spiro atoms. The van der Waals surface area contributed by atoms with Crippen molar-refractivity contribution in [3.63, 3.8) is 0 Å². The fourth-order valence-electron chi connectivity index (χ4n) is 2.64. The molecule has 0 unspecified atom stereocenters. The van der Waals surface area contributed by atoms with Crippen molar-refractivity contribution in [2.45, 2.75) is 19.8 Å². The van der Waals surface area contributed by atoms with Gasteiger partial charge >= 0.3 is 0 Å². The van der Waals surface area contributed by atoms with Crippen molar-refractivity contribution in [1.29, 1.82) is 0 Å². The number of halogens is 2. The Morgan fingerprint density at radius 3 is 2.45 bits per heavy atom. The summed E-state index contributed by atoms with van der Waals surface area (Å²) in [4.78, 5) is 24.1. The summed E-state index contributed by atoms with van der Waals surface area (Å²) < 4.78 is 10.8. The number of carbonyl (C=O) groups excluding carboxylic acids is 2. The van der Waals surface area contributed by atoms with Gasteiger partial charge in [-0.25, -0.2) is 0 Å². The summed E-state index contributed by atoms with van der Waals surface area (Å²) in [5, 5.41) is 6.23. The van der Waals surface area contributed by atoms with Crippen molar-refractivity contribution >= 4 is 35.0 Å². The van der Waals surface area contributed by atoms with E-state index in [-0.39, 0.29) is 16.8 Å². The normalized spacial score (nSPS) is 10.3. The van der Waals surface area contributed by atoms with Gasteiger partial charge in [-0.3, -0.25) is 9.59 Å². The van der Waals surface area contributed by atoms with E-state index in [1.54, 1.807) is 19.2 Å². The first kappa shape index (κ1) is 22.8. The lowest BCUT2D eigenvalue weighted by Crippen LogP contribution is -2.34. The zero-order valence-corrected chi connectivity index (χ0v) is 17.9. The van der Waals surface area contributed by atoms with Crippen LogP contribution < -0.4 is 20.1 Å². The molecule has 2 amide bonds. The largest absolute Gasteiger partial charge is 0.493 e. The summed E-state index contributed by atoms with van der Waals surface area (Å²) >= 11 is 11.8. The van der Waals surface area contributed by atoms with Crippen molar-refractivity contribution in [2.75, 3.05) is 26.8 Å². The Bertz CT molecular complexity index is 859. The summed E-state index contributed by atoms with van der Waals surface area (Å²) in [5.41, 5.74) is 1.32. The van der Waals surface area contributed by atoms with E-state index in [0.29, 0.717) is 54.6 Å². The minimum Gasteiger partial charge on any atom is -0.493 e. The van der Waals surface area contributed by atoms with Crippen molar-refractivity contribution in [1.82, 2.24) is 10.6 Å². The van der Waals surface area contributed by atoms with Crippen LogP contribution in [0.2, 0.25) is 10.0 Å². The molecule has 0 aliphatic rings. The summed E-state index contributed by atoms with van der Waals surface area (Å²) in [5.74, 6) is 0.909. The highest BCUT2D eigenvalue weighted by molar-refractivity contribution is 6.36. The second kappa shape index (κ2) is 11.5. The molecule has 0 bridgehead atoms. The minimum absolute atomic E-state index is 0.100. The Kier molecular flexibility index (Phi) is 9.09. The van der Waals surface area contributed by atoms with Crippen LogP contribution in [0.5, 0.6) is 11.5 Å². The van der Waals surface area contributed by atoms with Crippen molar-refractivity contribution in [2.24, 2.45) is 0 Å². The molecule has 8 heteroatoms. The highest BCUT2D eigenvalue weighted by atomic mass is 35.5. The first-order valence-electron chi connectivity index (χ1n) is 9.24. The van der Waals surface area contributed by atoms with Crippen LogP contribution in [0.15, 0.2) is 36.4 Å². The molecule has 156 valence electrons. The number of hydrogen-bond acceptors (Lipinski definition) is 4. The zero-order chi connectivity index (χ0) is 21.2. The lowest BCUT2D eigenvalue weighted by Gasteiger charge is -2.11. The van der Waals surface area contributed by atoms with E-state index in [0.717, 1.165) is 5.56 Å². The van der Waals surface area contributed by atoms with Gasteiger partial charge < -0.3 is 20.1 Å². The average molecular weight is 439 g/mol. The predicted molar refractivity (Wildman–Crippen MR) is 114 cm³/mol. The van der Waals surface area contributed by atoms with Crippen LogP contribution in [0, 0.1) is 0 Å². The molecule has 2 rings (SSSR count). The summed E-state index contributed by atoms with van der Waals surface area (Å²) in [6.45, 7) is 3.08. The van der Waals surface area contributed by atoms with E-state index >= 15 is 0 Å². The molecule has 0 atom stereocenters. The molecule has 29 heavy (non-hydrogen) atoms. The summed E-state index contributed by atoms with van der Waals surface area (Å²) in [6.07, 6.45) is 0.898. The van der Waals surface area contributed by atoms with E-state index in [9.17, 15) is 9.59 Å². The number of nitrogens with one attached hydrogen (secondary N) is 2. The van der Waals surface area contributed by atoms with Gasteiger partial charge in [-0.15, -0.1) is 0 Å². The first-order valence-corrected chi connectivity index (χ1v) is 9.99. The molecule has 2 aromatic carbocycles. The van der Waals surface area contributed by atoms with Gasteiger partial charge in [0.1, 0.15) is 0 Å². The quantitative estimate of drug-likeness (QED) is 0.551. The molecular formula is C21H24Cl2N2O4. The van der Waals surface area contributed by atoms with Gasteiger partial charge in [-0.05, 0) is 49.2 Å². The maximum atomic E-state index is 12.1. The molecule has 6 nitrogen and oxygen atoms in total. The zero-order valence-electron chi connectivity index (χ0n) is 16.4. The van der Waals surface area contributed by atoms with Gasteiger partial charge in [0.2, 0.25) is 5.91 Å². The maximum Gasteiger partial charge on any atom is 0.252 e. The van der Waals surface area contributed by atoms with Gasteiger partial charge in [0.15, 0.2) is 11.5 Å². The molecule has 0 heterocycles. The SMILES string of the molecule is CCOc1ccc(CCC(=O)NCCNC(=O)c2ccc(Cl)cc2Cl)cc1OC. The Balaban J connectivity index is 1.73. The van der Waals surface area contributed by atoms with Crippen molar-refractivity contribution in [3.8, 4) is 11.5 Å². The van der Waals surface area contributed by atoms with Crippen LogP contribution >= 0.6 is 23.2 Å². The van der Waals surface area contributed by atoms with Gasteiger partial charge in [-0.2, -0.15) is 0 Å². The fraction of sp³-hybridized carbons (Fsp3) is 0.333. The molecular weight excluding hydrogens is 415 g/mol. The van der Waals surface area contributed by atoms with E-state index in [4.69, 9.17) is 32.7 Å². The van der Waals surface area contributed by atoms with Crippen LogP contribution in [0.25, 0.3) is 0 Å². The third kappa shape index (κ3) is 7.15. The van der Waals surface area contributed by atoms with E-state index in [1.165, 1.54) is 6.07 Å². The lowest BCUT2D eigenvalue weighted by atomic mass is 10.1. The second-order valence-corrected chi connectivity index (χ2v) is 6.99. The molecule has 0 saturated carbocycles. The van der Waals surface area contributed by atoms with E-state index < -0.39 is 0 Å². The number of rotatable bonds is 10. The number of aryl methyl sites for hydroxylation is 1. The van der Waals surface area contributed by atoms with Gasteiger partial charge in [0.05, 0.1) is 24.3 Å². The number of hydrogen-bond donors (Lipinski definition) is 2.